The number of aryl methyl sites for hydroxylation is 1. The van der Waals surface area contributed by atoms with Crippen molar-refractivity contribution in [3.63, 3.8) is 0 Å². The fourth-order valence-corrected chi connectivity index (χ4v) is 4.44. The van der Waals surface area contributed by atoms with Crippen LogP contribution in [-0.4, -0.2) is 40.8 Å². The van der Waals surface area contributed by atoms with Gasteiger partial charge in [-0.3, -0.25) is 9.25 Å². The van der Waals surface area contributed by atoms with Gasteiger partial charge in [0.15, 0.2) is 17.3 Å². The van der Waals surface area contributed by atoms with Crippen molar-refractivity contribution in [1.29, 1.82) is 0 Å². The van der Waals surface area contributed by atoms with Crippen molar-refractivity contribution in [3.8, 4) is 22.6 Å². The van der Waals surface area contributed by atoms with Crippen LogP contribution in [0.5, 0.6) is 0 Å². The molecule has 1 saturated carbocycles. The van der Waals surface area contributed by atoms with Crippen LogP contribution in [0.15, 0.2) is 36.8 Å². The first-order chi connectivity index (χ1) is 15.5. The van der Waals surface area contributed by atoms with Gasteiger partial charge in [0.1, 0.15) is 18.3 Å². The Balaban J connectivity index is 1.41. The minimum Gasteiger partial charge on any atom is -0.342 e. The Morgan fingerprint density at radius 2 is 2.12 bits per heavy atom. The van der Waals surface area contributed by atoms with Gasteiger partial charge < -0.3 is 9.88 Å². The first kappa shape index (κ1) is 19.4. The van der Waals surface area contributed by atoms with Gasteiger partial charge in [-0.2, -0.15) is 5.10 Å². The SMILES string of the molecule is Cn1nccc1Nc1cc(-c2cc3n(c2)C[C@H](CF)n2c-3nnc2C2(F)CC2)c(Cl)cn1. The summed E-state index contributed by atoms with van der Waals surface area (Å²) in [5, 5.41) is 16.2. The van der Waals surface area contributed by atoms with Gasteiger partial charge in [-0.05, 0) is 25.0 Å². The zero-order chi connectivity index (χ0) is 22.0. The summed E-state index contributed by atoms with van der Waals surface area (Å²) < 4.78 is 34.0. The predicted octanol–water partition coefficient (Wildman–Crippen LogP) is 4.42. The summed E-state index contributed by atoms with van der Waals surface area (Å²) in [7, 11) is 1.83. The van der Waals surface area contributed by atoms with Crippen LogP contribution >= 0.6 is 11.6 Å². The van der Waals surface area contributed by atoms with Crippen LogP contribution in [0.25, 0.3) is 22.6 Å². The average Bonchev–Trinajstić information content (AvgIpc) is 3.16. The Labute approximate surface area is 186 Å². The van der Waals surface area contributed by atoms with E-state index in [0.29, 0.717) is 36.1 Å². The molecule has 1 fully saturated rings. The van der Waals surface area contributed by atoms with Crippen molar-refractivity contribution < 1.29 is 8.78 Å². The van der Waals surface area contributed by atoms with E-state index >= 15 is 0 Å². The van der Waals surface area contributed by atoms with Crippen LogP contribution < -0.4 is 5.32 Å². The first-order valence-electron chi connectivity index (χ1n) is 10.3. The normalized spacial score (nSPS) is 18.3. The smallest absolute Gasteiger partial charge is 0.181 e. The maximum Gasteiger partial charge on any atom is 0.181 e. The van der Waals surface area contributed by atoms with Gasteiger partial charge in [0, 0.05) is 43.2 Å². The molecule has 0 unspecified atom stereocenters. The van der Waals surface area contributed by atoms with E-state index in [1.165, 1.54) is 0 Å². The Kier molecular flexibility index (Phi) is 4.16. The average molecular weight is 457 g/mol. The highest BCUT2D eigenvalue weighted by atomic mass is 35.5. The zero-order valence-corrected chi connectivity index (χ0v) is 17.9. The highest BCUT2D eigenvalue weighted by Crippen LogP contribution is 2.51. The topological polar surface area (TPSA) is 78.4 Å². The molecule has 6 rings (SSSR count). The fourth-order valence-electron chi connectivity index (χ4n) is 4.23. The second kappa shape index (κ2) is 6.86. The van der Waals surface area contributed by atoms with Gasteiger partial charge >= 0.3 is 0 Å². The molecule has 4 aromatic rings. The Bertz CT molecular complexity index is 1340. The number of hydrogen-bond donors (Lipinski definition) is 1. The van der Waals surface area contributed by atoms with E-state index in [1.54, 1.807) is 21.6 Å². The van der Waals surface area contributed by atoms with E-state index in [9.17, 15) is 8.78 Å². The van der Waals surface area contributed by atoms with Gasteiger partial charge in [0.2, 0.25) is 0 Å². The maximum absolute atomic E-state index is 14.8. The molecule has 0 saturated heterocycles. The Hall–Kier alpha value is -3.27. The van der Waals surface area contributed by atoms with Gasteiger partial charge in [-0.1, -0.05) is 11.6 Å². The largest absolute Gasteiger partial charge is 0.342 e. The number of alkyl halides is 2. The molecule has 2 aliphatic rings. The molecule has 4 aromatic heterocycles. The predicted molar refractivity (Wildman–Crippen MR) is 115 cm³/mol. The Morgan fingerprint density at radius 1 is 1.28 bits per heavy atom. The van der Waals surface area contributed by atoms with E-state index in [2.05, 4.69) is 25.6 Å². The zero-order valence-electron chi connectivity index (χ0n) is 17.1. The molecule has 1 atom stereocenters. The number of rotatable bonds is 5. The molecule has 0 amide bonds. The van der Waals surface area contributed by atoms with E-state index in [-0.39, 0.29) is 5.82 Å². The number of nitrogens with one attached hydrogen (secondary N) is 1. The lowest BCUT2D eigenvalue weighted by molar-refractivity contribution is 0.254. The van der Waals surface area contributed by atoms with Gasteiger partial charge in [-0.25, -0.2) is 13.8 Å². The van der Waals surface area contributed by atoms with E-state index < -0.39 is 18.4 Å². The summed E-state index contributed by atoms with van der Waals surface area (Å²) >= 11 is 6.48. The monoisotopic (exact) mass is 456 g/mol. The number of halogens is 3. The Morgan fingerprint density at radius 3 is 2.84 bits per heavy atom. The van der Waals surface area contributed by atoms with Crippen molar-refractivity contribution >= 4 is 23.2 Å². The molecule has 0 bridgehead atoms. The number of hydrogen-bond acceptors (Lipinski definition) is 5. The van der Waals surface area contributed by atoms with E-state index in [1.807, 2.05) is 36.0 Å². The molecule has 0 aromatic carbocycles. The number of pyridine rings is 1. The third-order valence-electron chi connectivity index (χ3n) is 6.11. The van der Waals surface area contributed by atoms with Crippen LogP contribution in [0, 0.1) is 0 Å². The molecule has 1 aliphatic heterocycles. The fraction of sp³-hybridized carbons (Fsp3) is 0.333. The minimum atomic E-state index is -1.49. The third-order valence-corrected chi connectivity index (χ3v) is 6.41. The summed E-state index contributed by atoms with van der Waals surface area (Å²) in [6.07, 6.45) is 5.98. The highest BCUT2D eigenvalue weighted by Gasteiger charge is 2.51. The molecular weight excluding hydrogens is 438 g/mol. The van der Waals surface area contributed by atoms with Gasteiger partial charge in [0.05, 0.1) is 23.0 Å². The molecule has 8 nitrogen and oxygen atoms in total. The summed E-state index contributed by atoms with van der Waals surface area (Å²) in [5.74, 6) is 2.10. The van der Waals surface area contributed by atoms with Crippen LogP contribution in [-0.2, 0) is 19.3 Å². The third kappa shape index (κ3) is 2.93. The molecule has 0 radical (unpaired) electrons. The molecular formula is C21H19ClF2N8. The van der Waals surface area contributed by atoms with Gasteiger partial charge in [0.25, 0.3) is 0 Å². The summed E-state index contributed by atoms with van der Waals surface area (Å²) in [5.41, 5.74) is 0.858. The lowest BCUT2D eigenvalue weighted by Gasteiger charge is -2.26. The van der Waals surface area contributed by atoms with Crippen molar-refractivity contribution in [2.24, 2.45) is 7.05 Å². The first-order valence-corrected chi connectivity index (χ1v) is 10.7. The van der Waals surface area contributed by atoms with E-state index in [0.717, 1.165) is 22.6 Å². The van der Waals surface area contributed by atoms with Gasteiger partial charge in [-0.15, -0.1) is 10.2 Å². The number of anilines is 2. The summed E-state index contributed by atoms with van der Waals surface area (Å²) in [6.45, 7) is -0.265. The molecule has 1 N–H and O–H groups in total. The quantitative estimate of drug-likeness (QED) is 0.481. The van der Waals surface area contributed by atoms with E-state index in [4.69, 9.17) is 11.6 Å². The highest BCUT2D eigenvalue weighted by molar-refractivity contribution is 6.33. The molecule has 1 aliphatic carbocycles. The number of nitrogens with zero attached hydrogens (tertiary/aromatic N) is 7. The standard InChI is InChI=1S/C21H19ClF2N8/c1-30-18(2-5-26-30)27-17-7-14(15(22)9-25-17)12-6-16-19-28-29-20(21(24)3-4-21)32(19)13(8-23)11-31(16)10-12/h2,5-7,9-10,13H,3-4,8,11H2,1H3,(H,25,27)/t13-/m0/s1. The molecule has 32 heavy (non-hydrogen) atoms. The lowest BCUT2D eigenvalue weighted by Crippen LogP contribution is -2.27. The van der Waals surface area contributed by atoms with Crippen LogP contribution in [0.3, 0.4) is 0 Å². The summed E-state index contributed by atoms with van der Waals surface area (Å²) in [6, 6.07) is 5.06. The second-order valence-electron chi connectivity index (χ2n) is 8.27. The van der Waals surface area contributed by atoms with Crippen LogP contribution in [0.2, 0.25) is 5.02 Å². The van der Waals surface area contributed by atoms with Crippen molar-refractivity contribution in [3.05, 3.63) is 47.6 Å². The molecule has 164 valence electrons. The van der Waals surface area contributed by atoms with Crippen LogP contribution in [0.4, 0.5) is 20.4 Å². The number of aromatic nitrogens is 7. The number of fused-ring (bicyclic) bond motifs is 3. The van der Waals surface area contributed by atoms with Crippen molar-refractivity contribution in [2.45, 2.75) is 31.1 Å². The van der Waals surface area contributed by atoms with Crippen molar-refractivity contribution in [1.82, 2.24) is 34.1 Å². The second-order valence-corrected chi connectivity index (χ2v) is 8.68. The lowest BCUT2D eigenvalue weighted by atomic mass is 10.1. The van der Waals surface area contributed by atoms with Crippen molar-refractivity contribution in [2.75, 3.05) is 12.0 Å². The summed E-state index contributed by atoms with van der Waals surface area (Å²) in [4.78, 5) is 4.35. The molecule has 11 heteroatoms. The minimum absolute atomic E-state index is 0.230. The molecule has 0 spiro atoms. The maximum atomic E-state index is 14.8. The molecule has 5 heterocycles. The van der Waals surface area contributed by atoms with Crippen LogP contribution in [0.1, 0.15) is 24.7 Å².